The van der Waals surface area contributed by atoms with Gasteiger partial charge in [-0.05, 0) is 50.2 Å². The highest BCUT2D eigenvalue weighted by atomic mass is 32.2. The van der Waals surface area contributed by atoms with Gasteiger partial charge in [-0.25, -0.2) is 8.42 Å². The molecule has 0 spiro atoms. The number of rotatable bonds is 16. The molecule has 2 amide bonds. The SMILES string of the molecule is NCCOCCOCCNC(=O)CCN1CCC(C(=O)Nc2nc3ccc(NS(=O)(=O)c4ccncc4)cc3o2)CC1. The van der Waals surface area contributed by atoms with Crippen molar-refractivity contribution in [3.63, 3.8) is 0 Å². The predicted molar refractivity (Wildman–Crippen MR) is 155 cm³/mol. The summed E-state index contributed by atoms with van der Waals surface area (Å²) in [4.78, 5) is 35.4. The number of nitrogens with two attached hydrogens (primary N) is 1. The number of oxazole rings is 1. The van der Waals surface area contributed by atoms with Crippen molar-refractivity contribution in [2.45, 2.75) is 24.2 Å². The maximum Gasteiger partial charge on any atom is 0.302 e. The van der Waals surface area contributed by atoms with Crippen LogP contribution in [0.5, 0.6) is 0 Å². The summed E-state index contributed by atoms with van der Waals surface area (Å²) < 4.78 is 44.0. The number of nitrogens with one attached hydrogen (secondary N) is 3. The molecule has 1 aliphatic rings. The zero-order valence-corrected chi connectivity index (χ0v) is 24.1. The maximum atomic E-state index is 12.9. The number of likely N-dealkylation sites (tertiary alicyclic amines) is 1. The predicted octanol–water partition coefficient (Wildman–Crippen LogP) is 1.17. The molecule has 1 aromatic carbocycles. The first kappa shape index (κ1) is 31.3. The van der Waals surface area contributed by atoms with Crippen molar-refractivity contribution in [3.8, 4) is 0 Å². The minimum atomic E-state index is -3.79. The van der Waals surface area contributed by atoms with E-state index >= 15 is 0 Å². The van der Waals surface area contributed by atoms with Crippen LogP contribution in [0.15, 0.2) is 52.0 Å². The fourth-order valence-corrected chi connectivity index (χ4v) is 5.45. The molecule has 0 unspecified atom stereocenters. The summed E-state index contributed by atoms with van der Waals surface area (Å²) in [6, 6.07) is 7.54. The van der Waals surface area contributed by atoms with Crippen molar-refractivity contribution < 1.29 is 31.9 Å². The number of nitrogens with zero attached hydrogens (tertiary/aromatic N) is 3. The van der Waals surface area contributed by atoms with Crippen molar-refractivity contribution in [2.24, 2.45) is 11.7 Å². The largest absolute Gasteiger partial charge is 0.423 e. The highest BCUT2D eigenvalue weighted by Gasteiger charge is 2.26. The Kier molecular flexibility index (Phi) is 11.6. The Hall–Kier alpha value is -3.63. The molecular weight excluding hydrogens is 566 g/mol. The van der Waals surface area contributed by atoms with Crippen LogP contribution in [0.3, 0.4) is 0 Å². The number of carbonyl (C=O) groups is 2. The number of carbonyl (C=O) groups excluding carboxylic acids is 2. The normalized spacial score (nSPS) is 14.6. The lowest BCUT2D eigenvalue weighted by Gasteiger charge is -2.30. The summed E-state index contributed by atoms with van der Waals surface area (Å²) >= 11 is 0. The topological polar surface area (TPSA) is 191 Å². The van der Waals surface area contributed by atoms with Crippen LogP contribution >= 0.6 is 0 Å². The minimum absolute atomic E-state index is 0.0397. The van der Waals surface area contributed by atoms with Crippen LogP contribution in [0.1, 0.15) is 19.3 Å². The third kappa shape index (κ3) is 9.46. The summed E-state index contributed by atoms with van der Waals surface area (Å²) in [5.74, 6) is -0.438. The van der Waals surface area contributed by atoms with Crippen LogP contribution in [0.4, 0.5) is 11.7 Å². The Labute approximate surface area is 244 Å². The molecule has 228 valence electrons. The van der Waals surface area contributed by atoms with Gasteiger partial charge in [-0.2, -0.15) is 4.98 Å². The van der Waals surface area contributed by atoms with E-state index in [0.717, 1.165) is 0 Å². The second kappa shape index (κ2) is 15.6. The number of sulfonamides is 1. The number of benzene rings is 1. The summed E-state index contributed by atoms with van der Waals surface area (Å²) in [5.41, 5.74) is 6.45. The molecule has 3 heterocycles. The van der Waals surface area contributed by atoms with Crippen LogP contribution in [-0.4, -0.2) is 94.3 Å². The lowest BCUT2D eigenvalue weighted by molar-refractivity contribution is -0.123. The van der Waals surface area contributed by atoms with Gasteiger partial charge in [0.15, 0.2) is 5.58 Å². The maximum absolute atomic E-state index is 12.9. The molecule has 5 N–H and O–H groups in total. The Morgan fingerprint density at radius 3 is 2.52 bits per heavy atom. The van der Waals surface area contributed by atoms with Crippen LogP contribution in [0.2, 0.25) is 0 Å². The summed E-state index contributed by atoms with van der Waals surface area (Å²) in [5, 5.41) is 5.58. The van der Waals surface area contributed by atoms with Crippen molar-refractivity contribution in [3.05, 3.63) is 42.7 Å². The first-order valence-electron chi connectivity index (χ1n) is 13.8. The lowest BCUT2D eigenvalue weighted by Crippen LogP contribution is -2.40. The molecule has 2 aromatic heterocycles. The number of aromatic nitrogens is 2. The first-order valence-corrected chi connectivity index (χ1v) is 15.3. The zero-order valence-electron chi connectivity index (χ0n) is 23.3. The van der Waals surface area contributed by atoms with Gasteiger partial charge in [0.05, 0.1) is 37.0 Å². The van der Waals surface area contributed by atoms with Crippen molar-refractivity contribution in [2.75, 3.05) is 69.2 Å². The monoisotopic (exact) mass is 603 g/mol. The van der Waals surface area contributed by atoms with Crippen molar-refractivity contribution in [1.82, 2.24) is 20.2 Å². The fourth-order valence-electron chi connectivity index (χ4n) is 4.42. The van der Waals surface area contributed by atoms with Crippen LogP contribution in [-0.2, 0) is 29.1 Å². The number of piperidine rings is 1. The second-order valence-electron chi connectivity index (χ2n) is 9.71. The van der Waals surface area contributed by atoms with E-state index in [4.69, 9.17) is 19.6 Å². The Morgan fingerprint density at radius 1 is 1.05 bits per heavy atom. The molecule has 0 bridgehead atoms. The van der Waals surface area contributed by atoms with E-state index in [-0.39, 0.29) is 28.6 Å². The molecule has 0 aliphatic carbocycles. The standard InChI is InChI=1S/C27H37N7O7S/c28-8-15-39-17-18-40-16-11-30-25(35)7-14-34-12-5-20(6-13-34)26(36)32-27-31-23-2-1-21(19-24(23)41-27)33-42(37,38)22-3-9-29-10-4-22/h1-4,9-10,19-20,33H,5-8,11-18,28H2,(H,30,35)(H,31,32,36). The third-order valence-corrected chi connectivity index (χ3v) is 8.04. The number of pyridine rings is 1. The quantitative estimate of drug-likeness (QED) is 0.172. The number of hydrogen-bond donors (Lipinski definition) is 4. The number of hydrogen-bond acceptors (Lipinski definition) is 11. The molecule has 1 aliphatic heterocycles. The molecule has 4 rings (SSSR count). The smallest absolute Gasteiger partial charge is 0.302 e. The average Bonchev–Trinajstić information content (AvgIpc) is 3.39. The number of amides is 2. The van der Waals surface area contributed by atoms with E-state index in [1.807, 2.05) is 0 Å². The van der Waals surface area contributed by atoms with E-state index in [1.165, 1.54) is 30.6 Å². The molecule has 1 saturated heterocycles. The lowest BCUT2D eigenvalue weighted by atomic mass is 9.96. The van der Waals surface area contributed by atoms with Gasteiger partial charge >= 0.3 is 6.01 Å². The highest BCUT2D eigenvalue weighted by Crippen LogP contribution is 2.26. The molecule has 0 saturated carbocycles. The van der Waals surface area contributed by atoms with E-state index in [1.54, 1.807) is 12.1 Å². The van der Waals surface area contributed by atoms with Gasteiger partial charge in [0.25, 0.3) is 10.0 Å². The summed E-state index contributed by atoms with van der Waals surface area (Å²) in [6.45, 7) is 4.81. The third-order valence-electron chi connectivity index (χ3n) is 6.65. The molecule has 3 aromatic rings. The van der Waals surface area contributed by atoms with Gasteiger partial charge in [0, 0.05) is 50.4 Å². The zero-order chi connectivity index (χ0) is 29.8. The number of ether oxygens (including phenoxy) is 2. The molecule has 15 heteroatoms. The van der Waals surface area contributed by atoms with Crippen molar-refractivity contribution in [1.29, 1.82) is 0 Å². The van der Waals surface area contributed by atoms with Crippen LogP contribution < -0.4 is 21.1 Å². The van der Waals surface area contributed by atoms with Gasteiger partial charge in [0.2, 0.25) is 11.8 Å². The number of fused-ring (bicyclic) bond motifs is 1. The average molecular weight is 604 g/mol. The van der Waals surface area contributed by atoms with Crippen LogP contribution in [0, 0.1) is 5.92 Å². The van der Waals surface area contributed by atoms with Gasteiger partial charge in [-0.15, -0.1) is 0 Å². The van der Waals surface area contributed by atoms with Gasteiger partial charge in [0.1, 0.15) is 5.52 Å². The minimum Gasteiger partial charge on any atom is -0.423 e. The summed E-state index contributed by atoms with van der Waals surface area (Å²) in [6.07, 6.45) is 4.47. The molecule has 42 heavy (non-hydrogen) atoms. The van der Waals surface area contributed by atoms with E-state index in [2.05, 4.69) is 30.2 Å². The molecule has 14 nitrogen and oxygen atoms in total. The van der Waals surface area contributed by atoms with Gasteiger partial charge in [-0.3, -0.25) is 24.6 Å². The Morgan fingerprint density at radius 2 is 1.79 bits per heavy atom. The molecule has 0 atom stereocenters. The van der Waals surface area contributed by atoms with E-state index < -0.39 is 10.0 Å². The molecular formula is C27H37N7O7S. The highest BCUT2D eigenvalue weighted by molar-refractivity contribution is 7.92. The van der Waals surface area contributed by atoms with Gasteiger partial charge in [-0.1, -0.05) is 0 Å². The molecule has 0 radical (unpaired) electrons. The van der Waals surface area contributed by atoms with E-state index in [9.17, 15) is 18.0 Å². The Bertz CT molecular complexity index is 1410. The summed E-state index contributed by atoms with van der Waals surface area (Å²) in [7, 11) is -3.79. The Balaban J connectivity index is 1.16. The van der Waals surface area contributed by atoms with Gasteiger partial charge < -0.3 is 29.8 Å². The fraction of sp³-hybridized carbons (Fsp3) is 0.481. The second-order valence-corrected chi connectivity index (χ2v) is 11.4. The van der Waals surface area contributed by atoms with E-state index in [0.29, 0.717) is 95.2 Å². The van der Waals surface area contributed by atoms with Crippen LogP contribution in [0.25, 0.3) is 11.1 Å². The first-order chi connectivity index (χ1) is 20.3. The molecule has 1 fully saturated rings. The number of anilines is 2. The van der Waals surface area contributed by atoms with Crippen molar-refractivity contribution >= 4 is 44.6 Å².